The van der Waals surface area contributed by atoms with Crippen LogP contribution in [0.1, 0.15) is 19.4 Å². The van der Waals surface area contributed by atoms with Crippen molar-refractivity contribution < 1.29 is 9.53 Å². The minimum atomic E-state index is -0.500. The maximum atomic E-state index is 12.3. The van der Waals surface area contributed by atoms with Crippen molar-refractivity contribution in [2.75, 3.05) is 18.2 Å². The Morgan fingerprint density at radius 1 is 1.08 bits per heavy atom. The second-order valence-electron chi connectivity index (χ2n) is 6.30. The smallest absolute Gasteiger partial charge is 0.234 e. The standard InChI is InChI=1S/C20H21N3O2S/c1-20(2)22-18(14-7-5-4-6-8-14)19(23-20)26-13-17(24)21-15-9-11-16(25-3)12-10-15/h4-12H,13H2,1-3H3,(H,21,24). The number of rotatable bonds is 5. The van der Waals surface area contributed by atoms with Crippen LogP contribution < -0.4 is 10.1 Å². The van der Waals surface area contributed by atoms with E-state index in [4.69, 9.17) is 9.73 Å². The number of benzene rings is 2. The van der Waals surface area contributed by atoms with Crippen molar-refractivity contribution >= 4 is 34.1 Å². The average molecular weight is 367 g/mol. The van der Waals surface area contributed by atoms with Gasteiger partial charge in [0.1, 0.15) is 16.5 Å². The molecule has 0 saturated heterocycles. The van der Waals surface area contributed by atoms with Crippen molar-refractivity contribution in [2.24, 2.45) is 9.98 Å². The highest BCUT2D eigenvalue weighted by molar-refractivity contribution is 8.16. The fourth-order valence-electron chi connectivity index (χ4n) is 2.54. The molecule has 1 amide bonds. The predicted octanol–water partition coefficient (Wildman–Crippen LogP) is 4.00. The van der Waals surface area contributed by atoms with Gasteiger partial charge in [-0.3, -0.25) is 9.79 Å². The lowest BCUT2D eigenvalue weighted by Gasteiger charge is -2.08. The van der Waals surface area contributed by atoms with E-state index in [-0.39, 0.29) is 11.7 Å². The molecule has 1 aliphatic heterocycles. The molecule has 6 heteroatoms. The van der Waals surface area contributed by atoms with Crippen LogP contribution in [0, 0.1) is 0 Å². The third-order valence-corrected chi connectivity index (χ3v) is 4.69. The van der Waals surface area contributed by atoms with Gasteiger partial charge in [-0.2, -0.15) is 0 Å². The van der Waals surface area contributed by atoms with E-state index in [1.807, 2.05) is 68.4 Å². The van der Waals surface area contributed by atoms with Gasteiger partial charge in [0.15, 0.2) is 0 Å². The van der Waals surface area contributed by atoms with E-state index in [2.05, 4.69) is 10.3 Å². The maximum absolute atomic E-state index is 12.3. The number of nitrogens with one attached hydrogen (secondary N) is 1. The summed E-state index contributed by atoms with van der Waals surface area (Å²) >= 11 is 1.41. The third kappa shape index (κ3) is 4.52. The van der Waals surface area contributed by atoms with Crippen molar-refractivity contribution in [1.82, 2.24) is 0 Å². The van der Waals surface area contributed by atoms with Crippen molar-refractivity contribution in [3.8, 4) is 5.75 Å². The van der Waals surface area contributed by atoms with Crippen LogP contribution in [0.2, 0.25) is 0 Å². The molecule has 1 N–H and O–H groups in total. The number of thioether (sulfide) groups is 1. The zero-order valence-electron chi connectivity index (χ0n) is 15.0. The quantitative estimate of drug-likeness (QED) is 0.869. The first-order valence-corrected chi connectivity index (χ1v) is 9.27. The molecule has 5 nitrogen and oxygen atoms in total. The van der Waals surface area contributed by atoms with Crippen molar-refractivity contribution in [1.29, 1.82) is 0 Å². The summed E-state index contributed by atoms with van der Waals surface area (Å²) in [5.74, 6) is 0.941. The van der Waals surface area contributed by atoms with Gasteiger partial charge in [0.2, 0.25) is 5.91 Å². The summed E-state index contributed by atoms with van der Waals surface area (Å²) in [5.41, 5.74) is 2.10. The number of carbonyl (C=O) groups excluding carboxylic acids is 1. The highest BCUT2D eigenvalue weighted by atomic mass is 32.2. The molecule has 0 unspecified atom stereocenters. The van der Waals surface area contributed by atoms with E-state index in [9.17, 15) is 4.79 Å². The molecule has 134 valence electrons. The van der Waals surface area contributed by atoms with E-state index in [0.29, 0.717) is 0 Å². The van der Waals surface area contributed by atoms with Crippen LogP contribution in [0.15, 0.2) is 64.6 Å². The number of nitrogens with zero attached hydrogens (tertiary/aromatic N) is 2. The van der Waals surface area contributed by atoms with E-state index in [0.717, 1.165) is 27.8 Å². The van der Waals surface area contributed by atoms with Gasteiger partial charge in [-0.15, -0.1) is 0 Å². The molecule has 26 heavy (non-hydrogen) atoms. The lowest BCUT2D eigenvalue weighted by Crippen LogP contribution is -2.17. The summed E-state index contributed by atoms with van der Waals surface area (Å²) in [6.45, 7) is 3.92. The number of hydrogen-bond donors (Lipinski definition) is 1. The Labute approximate surface area is 157 Å². The molecule has 0 bridgehead atoms. The molecule has 1 aliphatic rings. The highest BCUT2D eigenvalue weighted by Gasteiger charge is 2.28. The Kier molecular flexibility index (Phi) is 5.42. The fraction of sp³-hybridized carbons (Fsp3) is 0.250. The molecule has 2 aromatic carbocycles. The average Bonchev–Trinajstić information content (AvgIpc) is 2.96. The Balaban J connectivity index is 1.64. The number of aliphatic imine (C=N–C) groups is 2. The zero-order chi connectivity index (χ0) is 18.6. The lowest BCUT2D eigenvalue weighted by atomic mass is 10.1. The van der Waals surface area contributed by atoms with E-state index in [1.165, 1.54) is 11.8 Å². The third-order valence-electron chi connectivity index (χ3n) is 3.72. The molecule has 0 radical (unpaired) electrons. The molecular weight excluding hydrogens is 346 g/mol. The number of hydrogen-bond acceptors (Lipinski definition) is 5. The summed E-state index contributed by atoms with van der Waals surface area (Å²) < 4.78 is 5.12. The summed E-state index contributed by atoms with van der Waals surface area (Å²) in [4.78, 5) is 21.6. The molecule has 0 aromatic heterocycles. The molecule has 0 saturated carbocycles. The maximum Gasteiger partial charge on any atom is 0.234 e. The molecule has 0 spiro atoms. The van der Waals surface area contributed by atoms with Crippen LogP contribution in [-0.4, -0.2) is 35.2 Å². The largest absolute Gasteiger partial charge is 0.497 e. The zero-order valence-corrected chi connectivity index (χ0v) is 15.8. The summed E-state index contributed by atoms with van der Waals surface area (Å²) in [5, 5.41) is 3.68. The van der Waals surface area contributed by atoms with Crippen LogP contribution in [0.25, 0.3) is 0 Å². The van der Waals surface area contributed by atoms with Gasteiger partial charge in [0.25, 0.3) is 0 Å². The Hall–Kier alpha value is -2.60. The lowest BCUT2D eigenvalue weighted by molar-refractivity contribution is -0.113. The SMILES string of the molecule is COc1ccc(NC(=O)CSC2=NC(C)(C)N=C2c2ccccc2)cc1. The van der Waals surface area contributed by atoms with Crippen LogP contribution in [-0.2, 0) is 4.79 Å². The summed E-state index contributed by atoms with van der Waals surface area (Å²) in [6.07, 6.45) is 0. The van der Waals surface area contributed by atoms with E-state index < -0.39 is 5.66 Å². The van der Waals surface area contributed by atoms with Crippen LogP contribution in [0.3, 0.4) is 0 Å². The molecule has 0 fully saturated rings. The van der Waals surface area contributed by atoms with Crippen molar-refractivity contribution in [2.45, 2.75) is 19.5 Å². The van der Waals surface area contributed by atoms with Gasteiger partial charge in [-0.1, -0.05) is 42.1 Å². The number of amides is 1. The molecule has 0 aliphatic carbocycles. The Morgan fingerprint density at radius 3 is 2.42 bits per heavy atom. The van der Waals surface area contributed by atoms with Gasteiger partial charge in [-0.25, -0.2) is 4.99 Å². The van der Waals surface area contributed by atoms with Gasteiger partial charge < -0.3 is 10.1 Å². The normalized spacial score (nSPS) is 15.2. The summed E-state index contributed by atoms with van der Waals surface area (Å²) in [7, 11) is 1.61. The second kappa shape index (κ2) is 7.74. The first kappa shape index (κ1) is 18.2. The van der Waals surface area contributed by atoms with Crippen LogP contribution in [0.5, 0.6) is 5.75 Å². The number of ether oxygens (including phenoxy) is 1. The fourth-order valence-corrected chi connectivity index (χ4v) is 3.47. The Morgan fingerprint density at radius 2 is 1.77 bits per heavy atom. The van der Waals surface area contributed by atoms with E-state index in [1.54, 1.807) is 7.11 Å². The molecule has 1 heterocycles. The highest BCUT2D eigenvalue weighted by Crippen LogP contribution is 2.26. The number of carbonyl (C=O) groups is 1. The molecule has 2 aromatic rings. The predicted molar refractivity (Wildman–Crippen MR) is 109 cm³/mol. The molecule has 3 rings (SSSR count). The second-order valence-corrected chi connectivity index (χ2v) is 7.27. The van der Waals surface area contributed by atoms with Gasteiger partial charge >= 0.3 is 0 Å². The molecular formula is C20H21N3O2S. The first-order valence-electron chi connectivity index (χ1n) is 8.29. The summed E-state index contributed by atoms with van der Waals surface area (Å²) in [6, 6.07) is 17.2. The van der Waals surface area contributed by atoms with Gasteiger partial charge in [0, 0.05) is 11.3 Å². The van der Waals surface area contributed by atoms with Gasteiger partial charge in [-0.05, 0) is 38.1 Å². The first-order chi connectivity index (χ1) is 12.5. The minimum absolute atomic E-state index is 0.0833. The topological polar surface area (TPSA) is 63.0 Å². The number of anilines is 1. The van der Waals surface area contributed by atoms with Crippen LogP contribution >= 0.6 is 11.8 Å². The van der Waals surface area contributed by atoms with E-state index >= 15 is 0 Å². The number of methoxy groups -OCH3 is 1. The minimum Gasteiger partial charge on any atom is -0.497 e. The van der Waals surface area contributed by atoms with Gasteiger partial charge in [0.05, 0.1) is 18.6 Å². The Bertz CT molecular complexity index is 843. The monoisotopic (exact) mass is 367 g/mol. The van der Waals surface area contributed by atoms with Crippen molar-refractivity contribution in [3.63, 3.8) is 0 Å². The van der Waals surface area contributed by atoms with Crippen LogP contribution in [0.4, 0.5) is 5.69 Å². The van der Waals surface area contributed by atoms with Crippen molar-refractivity contribution in [3.05, 3.63) is 60.2 Å². The molecule has 0 atom stereocenters.